The molecule has 2 aromatic heterocycles. The topological polar surface area (TPSA) is 69.3 Å². The van der Waals surface area contributed by atoms with Crippen molar-refractivity contribution >= 4 is 22.7 Å². The summed E-state index contributed by atoms with van der Waals surface area (Å²) in [6.07, 6.45) is 1.67. The first kappa shape index (κ1) is 16.1. The Morgan fingerprint density at radius 1 is 1.38 bits per heavy atom. The Hall–Kier alpha value is -2.76. The summed E-state index contributed by atoms with van der Waals surface area (Å²) in [5, 5.41) is 8.00. The van der Waals surface area contributed by atoms with Gasteiger partial charge in [-0.15, -0.1) is 0 Å². The summed E-state index contributed by atoms with van der Waals surface area (Å²) in [5.41, 5.74) is 1.45. The zero-order chi connectivity index (χ0) is 17.3. The average Bonchev–Trinajstić information content (AvgIpc) is 3.11. The molecule has 0 saturated heterocycles. The van der Waals surface area contributed by atoms with Crippen molar-refractivity contribution in [3.8, 4) is 5.75 Å². The second-order valence-corrected chi connectivity index (χ2v) is 6.16. The van der Waals surface area contributed by atoms with E-state index >= 15 is 0 Å². The predicted molar refractivity (Wildman–Crippen MR) is 92.5 cm³/mol. The van der Waals surface area contributed by atoms with Gasteiger partial charge in [0.2, 0.25) is 0 Å². The molecule has 1 amide bonds. The van der Waals surface area contributed by atoms with Gasteiger partial charge in [-0.2, -0.15) is 5.10 Å². The van der Waals surface area contributed by atoms with E-state index in [-0.39, 0.29) is 5.91 Å². The van der Waals surface area contributed by atoms with Gasteiger partial charge < -0.3 is 14.5 Å². The second-order valence-electron chi connectivity index (χ2n) is 6.16. The molecule has 2 heterocycles. The lowest BCUT2D eigenvalue weighted by Gasteiger charge is -2.10. The number of aryl methyl sites for hydroxylation is 1. The molecular formula is C18H21N3O3. The highest BCUT2D eigenvalue weighted by Crippen LogP contribution is 2.29. The Bertz CT molecular complexity index is 877. The third-order valence-corrected chi connectivity index (χ3v) is 3.85. The van der Waals surface area contributed by atoms with Gasteiger partial charge in [0.25, 0.3) is 5.91 Å². The third-order valence-electron chi connectivity index (χ3n) is 3.85. The number of nitrogens with zero attached hydrogens (tertiary/aromatic N) is 2. The molecule has 1 aromatic carbocycles. The smallest absolute Gasteiger partial charge is 0.292 e. The number of benzene rings is 1. The molecule has 0 unspecified atom stereocenters. The fourth-order valence-corrected chi connectivity index (χ4v) is 2.65. The molecule has 3 rings (SSSR count). The number of nitrogens with one attached hydrogen (secondary N) is 1. The first-order valence-corrected chi connectivity index (χ1v) is 7.90. The Morgan fingerprint density at radius 2 is 2.17 bits per heavy atom. The van der Waals surface area contributed by atoms with Gasteiger partial charge in [-0.1, -0.05) is 13.8 Å². The van der Waals surface area contributed by atoms with Crippen molar-refractivity contribution in [1.82, 2.24) is 9.78 Å². The van der Waals surface area contributed by atoms with Gasteiger partial charge in [0, 0.05) is 23.6 Å². The SMILES string of the molecule is COc1ccc2oc(C(=O)Nc3ccnn3CC(C)C)c(C)c2c1. The largest absolute Gasteiger partial charge is 0.497 e. The Morgan fingerprint density at radius 3 is 2.88 bits per heavy atom. The van der Waals surface area contributed by atoms with Crippen molar-refractivity contribution in [2.45, 2.75) is 27.3 Å². The highest BCUT2D eigenvalue weighted by Gasteiger charge is 2.19. The summed E-state index contributed by atoms with van der Waals surface area (Å²) in [7, 11) is 1.61. The van der Waals surface area contributed by atoms with E-state index in [0.29, 0.717) is 23.1 Å². The third kappa shape index (κ3) is 2.99. The maximum atomic E-state index is 12.6. The summed E-state index contributed by atoms with van der Waals surface area (Å²) >= 11 is 0. The Kier molecular flexibility index (Phi) is 4.29. The van der Waals surface area contributed by atoms with Crippen molar-refractivity contribution < 1.29 is 13.9 Å². The monoisotopic (exact) mass is 327 g/mol. The molecule has 0 aliphatic carbocycles. The number of aromatic nitrogens is 2. The number of amides is 1. The summed E-state index contributed by atoms with van der Waals surface area (Å²) in [5.74, 6) is 1.84. The molecule has 0 bridgehead atoms. The van der Waals surface area contributed by atoms with Crippen LogP contribution in [0.4, 0.5) is 5.82 Å². The Balaban J connectivity index is 1.89. The van der Waals surface area contributed by atoms with Crippen molar-refractivity contribution in [3.05, 3.63) is 41.8 Å². The van der Waals surface area contributed by atoms with Gasteiger partial charge in [-0.3, -0.25) is 4.79 Å². The lowest BCUT2D eigenvalue weighted by atomic mass is 10.1. The van der Waals surface area contributed by atoms with Crippen LogP contribution in [0, 0.1) is 12.8 Å². The van der Waals surface area contributed by atoms with Crippen molar-refractivity contribution in [2.75, 3.05) is 12.4 Å². The number of furan rings is 1. The summed E-state index contributed by atoms with van der Waals surface area (Å²) in [4.78, 5) is 12.6. The highest BCUT2D eigenvalue weighted by atomic mass is 16.5. The van der Waals surface area contributed by atoms with Crippen LogP contribution in [-0.2, 0) is 6.54 Å². The summed E-state index contributed by atoms with van der Waals surface area (Å²) < 4.78 is 12.7. The molecule has 6 heteroatoms. The van der Waals surface area contributed by atoms with E-state index < -0.39 is 0 Å². The minimum atomic E-state index is -0.284. The van der Waals surface area contributed by atoms with Crippen LogP contribution in [0.5, 0.6) is 5.75 Å². The highest BCUT2D eigenvalue weighted by molar-refractivity contribution is 6.06. The summed E-state index contributed by atoms with van der Waals surface area (Å²) in [6.45, 7) is 6.80. The van der Waals surface area contributed by atoms with Crippen LogP contribution in [0.25, 0.3) is 11.0 Å². The van der Waals surface area contributed by atoms with E-state index in [1.807, 2.05) is 19.1 Å². The van der Waals surface area contributed by atoms with Crippen molar-refractivity contribution in [1.29, 1.82) is 0 Å². The van der Waals surface area contributed by atoms with E-state index in [9.17, 15) is 4.79 Å². The maximum absolute atomic E-state index is 12.6. The van der Waals surface area contributed by atoms with E-state index in [4.69, 9.17) is 9.15 Å². The molecule has 0 aliphatic rings. The van der Waals surface area contributed by atoms with Crippen LogP contribution >= 0.6 is 0 Å². The standard InChI is InChI=1S/C18H21N3O3/c1-11(2)10-21-16(7-8-19-21)20-18(22)17-12(3)14-9-13(23-4)5-6-15(14)24-17/h5-9,11H,10H2,1-4H3,(H,20,22). The van der Waals surface area contributed by atoms with Gasteiger partial charge in [-0.05, 0) is 31.0 Å². The second kappa shape index (κ2) is 6.39. The quantitative estimate of drug-likeness (QED) is 0.772. The molecular weight excluding hydrogens is 306 g/mol. The van der Waals surface area contributed by atoms with E-state index in [0.717, 1.165) is 23.2 Å². The lowest BCUT2D eigenvalue weighted by Crippen LogP contribution is -2.17. The van der Waals surface area contributed by atoms with Crippen molar-refractivity contribution in [2.24, 2.45) is 5.92 Å². The molecule has 0 atom stereocenters. The van der Waals surface area contributed by atoms with Gasteiger partial charge in [-0.25, -0.2) is 4.68 Å². The molecule has 3 aromatic rings. The minimum absolute atomic E-state index is 0.284. The first-order valence-electron chi connectivity index (χ1n) is 7.90. The van der Waals surface area contributed by atoms with Crippen LogP contribution in [-0.4, -0.2) is 22.8 Å². The summed E-state index contributed by atoms with van der Waals surface area (Å²) in [6, 6.07) is 7.26. The van der Waals surface area contributed by atoms with Crippen LogP contribution in [0.3, 0.4) is 0 Å². The number of anilines is 1. The lowest BCUT2D eigenvalue weighted by molar-refractivity contribution is 0.0996. The van der Waals surface area contributed by atoms with E-state index in [1.165, 1.54) is 0 Å². The Labute approximate surface area is 140 Å². The van der Waals surface area contributed by atoms with Gasteiger partial charge in [0.05, 0.1) is 13.3 Å². The van der Waals surface area contributed by atoms with Gasteiger partial charge in [0.15, 0.2) is 5.76 Å². The molecule has 0 radical (unpaired) electrons. The van der Waals surface area contributed by atoms with Gasteiger partial charge >= 0.3 is 0 Å². The van der Waals surface area contributed by atoms with Crippen LogP contribution in [0.2, 0.25) is 0 Å². The average molecular weight is 327 g/mol. The number of hydrogen-bond acceptors (Lipinski definition) is 4. The number of carbonyl (C=O) groups is 1. The molecule has 1 N–H and O–H groups in total. The van der Waals surface area contributed by atoms with Gasteiger partial charge in [0.1, 0.15) is 17.2 Å². The number of methoxy groups -OCH3 is 1. The van der Waals surface area contributed by atoms with E-state index in [1.54, 1.807) is 30.1 Å². The number of carbonyl (C=O) groups excluding carboxylic acids is 1. The molecule has 0 spiro atoms. The molecule has 0 saturated carbocycles. The first-order chi connectivity index (χ1) is 11.5. The zero-order valence-corrected chi connectivity index (χ0v) is 14.3. The fraction of sp³-hybridized carbons (Fsp3) is 0.333. The number of fused-ring (bicyclic) bond motifs is 1. The van der Waals surface area contributed by atoms with Crippen molar-refractivity contribution in [3.63, 3.8) is 0 Å². The van der Waals surface area contributed by atoms with E-state index in [2.05, 4.69) is 24.3 Å². The number of rotatable bonds is 5. The molecule has 6 nitrogen and oxygen atoms in total. The molecule has 126 valence electrons. The molecule has 24 heavy (non-hydrogen) atoms. The maximum Gasteiger partial charge on any atom is 0.292 e. The minimum Gasteiger partial charge on any atom is -0.497 e. The van der Waals surface area contributed by atoms with Crippen LogP contribution < -0.4 is 10.1 Å². The molecule has 0 aliphatic heterocycles. The normalized spacial score (nSPS) is 11.2. The molecule has 0 fully saturated rings. The van der Waals surface area contributed by atoms with Crippen LogP contribution in [0.15, 0.2) is 34.9 Å². The number of hydrogen-bond donors (Lipinski definition) is 1. The fourth-order valence-electron chi connectivity index (χ4n) is 2.65. The van der Waals surface area contributed by atoms with Crippen LogP contribution in [0.1, 0.15) is 30.0 Å². The zero-order valence-electron chi connectivity index (χ0n) is 14.3. The predicted octanol–water partition coefficient (Wildman–Crippen LogP) is 3.85. The number of ether oxygens (including phenoxy) is 1.